The van der Waals surface area contributed by atoms with Crippen LogP contribution in [0.15, 0.2) is 17.2 Å². The second-order valence-electron chi connectivity index (χ2n) is 5.81. The molecule has 0 atom stereocenters. The van der Waals surface area contributed by atoms with Gasteiger partial charge in [0.15, 0.2) is 0 Å². The van der Waals surface area contributed by atoms with Crippen molar-refractivity contribution < 1.29 is 23.9 Å². The lowest BCUT2D eigenvalue weighted by Crippen LogP contribution is -2.27. The van der Waals surface area contributed by atoms with Crippen LogP contribution in [0.2, 0.25) is 0 Å². The minimum Gasteiger partial charge on any atom is -0.466 e. The highest BCUT2D eigenvalue weighted by Gasteiger charge is 2.27. The normalized spacial score (nSPS) is 15.6. The van der Waals surface area contributed by atoms with Crippen LogP contribution in [0.3, 0.4) is 0 Å². The Morgan fingerprint density at radius 3 is 2.77 bits per heavy atom. The molecule has 1 aromatic heterocycles. The van der Waals surface area contributed by atoms with Crippen LogP contribution < -0.4 is 0 Å². The summed E-state index contributed by atoms with van der Waals surface area (Å²) in [6, 6.07) is 1.95. The largest absolute Gasteiger partial charge is 0.466 e. The summed E-state index contributed by atoms with van der Waals surface area (Å²) < 4.78 is 11.6. The van der Waals surface area contributed by atoms with Crippen molar-refractivity contribution in [3.8, 4) is 0 Å². The number of amides is 1. The predicted molar refractivity (Wildman–Crippen MR) is 96.2 cm³/mol. The number of rotatable bonds is 8. The number of aromatic nitrogens is 2. The third-order valence-electron chi connectivity index (χ3n) is 3.77. The lowest BCUT2D eigenvalue weighted by molar-refractivity contribution is -0.144. The van der Waals surface area contributed by atoms with Crippen LogP contribution in [-0.4, -0.2) is 58.5 Å². The monoisotopic (exact) mass is 381 g/mol. The highest BCUT2D eigenvalue weighted by atomic mass is 32.2. The van der Waals surface area contributed by atoms with E-state index in [0.29, 0.717) is 30.3 Å². The van der Waals surface area contributed by atoms with Gasteiger partial charge in [0.05, 0.1) is 49.2 Å². The predicted octanol–water partition coefficient (Wildman–Crippen LogP) is 1.41. The van der Waals surface area contributed by atoms with Crippen molar-refractivity contribution >= 4 is 29.6 Å². The number of methoxy groups -OCH3 is 1. The first-order chi connectivity index (χ1) is 12.4. The maximum absolute atomic E-state index is 11.9. The molecule has 0 radical (unpaired) electrons. The molecule has 0 N–H and O–H groups in total. The Labute approximate surface area is 156 Å². The summed E-state index contributed by atoms with van der Waals surface area (Å²) in [6.07, 6.45) is 2.04. The summed E-state index contributed by atoms with van der Waals surface area (Å²) in [5.41, 5.74) is 1.92. The standard InChI is InChI=1S/C17H23N3O5S/c1-12-9-13(2)20(18-12)7-5-16(22)25-8-4-6-19-14(21)11-26-15(19)10-17(23)24-3/h9-10H,4-8,11H2,1-3H3/b15-10+. The first-order valence-corrected chi connectivity index (χ1v) is 9.28. The molecule has 0 bridgehead atoms. The molecule has 1 aliphatic heterocycles. The van der Waals surface area contributed by atoms with Crippen LogP contribution in [0.5, 0.6) is 0 Å². The molecule has 9 heteroatoms. The Hall–Kier alpha value is -2.29. The maximum atomic E-state index is 11.9. The van der Waals surface area contributed by atoms with E-state index in [1.807, 2.05) is 19.9 Å². The first-order valence-electron chi connectivity index (χ1n) is 8.30. The smallest absolute Gasteiger partial charge is 0.333 e. The summed E-state index contributed by atoms with van der Waals surface area (Å²) in [6.45, 7) is 4.93. The van der Waals surface area contributed by atoms with Gasteiger partial charge in [-0.05, 0) is 26.3 Å². The van der Waals surface area contributed by atoms with E-state index in [1.165, 1.54) is 29.8 Å². The topological polar surface area (TPSA) is 90.7 Å². The molecule has 142 valence electrons. The zero-order chi connectivity index (χ0) is 19.1. The van der Waals surface area contributed by atoms with Gasteiger partial charge in [0.1, 0.15) is 0 Å². The number of carbonyl (C=O) groups excluding carboxylic acids is 3. The fourth-order valence-electron chi connectivity index (χ4n) is 2.51. The Balaban J connectivity index is 1.71. The van der Waals surface area contributed by atoms with E-state index >= 15 is 0 Å². The lowest BCUT2D eigenvalue weighted by Gasteiger charge is -2.16. The number of ether oxygens (including phenoxy) is 2. The molecule has 0 aromatic carbocycles. The summed E-state index contributed by atoms with van der Waals surface area (Å²) in [7, 11) is 1.29. The Morgan fingerprint density at radius 1 is 1.35 bits per heavy atom. The van der Waals surface area contributed by atoms with Crippen molar-refractivity contribution in [2.45, 2.75) is 33.2 Å². The zero-order valence-electron chi connectivity index (χ0n) is 15.2. The molecular formula is C17H23N3O5S. The minimum absolute atomic E-state index is 0.0685. The number of aryl methyl sites for hydroxylation is 3. The minimum atomic E-state index is -0.497. The van der Waals surface area contributed by atoms with Gasteiger partial charge in [0, 0.05) is 12.2 Å². The highest BCUT2D eigenvalue weighted by molar-refractivity contribution is 8.04. The Bertz CT molecular complexity index is 713. The van der Waals surface area contributed by atoms with E-state index < -0.39 is 5.97 Å². The van der Waals surface area contributed by atoms with Gasteiger partial charge >= 0.3 is 11.9 Å². The molecule has 26 heavy (non-hydrogen) atoms. The van der Waals surface area contributed by atoms with Gasteiger partial charge in [0.25, 0.3) is 0 Å². The molecule has 1 aliphatic rings. The molecule has 0 unspecified atom stereocenters. The molecule has 1 saturated heterocycles. The van der Waals surface area contributed by atoms with Gasteiger partial charge in [-0.3, -0.25) is 14.3 Å². The average molecular weight is 381 g/mol. The molecule has 0 aliphatic carbocycles. The van der Waals surface area contributed by atoms with Crippen molar-refractivity contribution in [2.75, 3.05) is 26.0 Å². The second-order valence-corrected chi connectivity index (χ2v) is 6.81. The summed E-state index contributed by atoms with van der Waals surface area (Å²) in [5, 5.41) is 4.86. The van der Waals surface area contributed by atoms with Crippen LogP contribution in [0.25, 0.3) is 0 Å². The van der Waals surface area contributed by atoms with E-state index in [-0.39, 0.29) is 24.9 Å². The molecular weight excluding hydrogens is 358 g/mol. The molecule has 2 rings (SSSR count). The number of carbonyl (C=O) groups is 3. The summed E-state index contributed by atoms with van der Waals surface area (Å²) in [4.78, 5) is 36.5. The molecule has 1 fully saturated rings. The van der Waals surface area contributed by atoms with Crippen molar-refractivity contribution in [3.63, 3.8) is 0 Å². The molecule has 0 spiro atoms. The van der Waals surface area contributed by atoms with Gasteiger partial charge in [-0.1, -0.05) is 11.8 Å². The lowest BCUT2D eigenvalue weighted by atomic mass is 10.3. The van der Waals surface area contributed by atoms with Crippen LogP contribution in [0, 0.1) is 13.8 Å². The van der Waals surface area contributed by atoms with E-state index in [9.17, 15) is 14.4 Å². The number of esters is 2. The molecule has 0 saturated carbocycles. The van der Waals surface area contributed by atoms with Gasteiger partial charge in [-0.2, -0.15) is 5.10 Å². The fraction of sp³-hybridized carbons (Fsp3) is 0.529. The highest BCUT2D eigenvalue weighted by Crippen LogP contribution is 2.28. The number of nitrogens with zero attached hydrogens (tertiary/aromatic N) is 3. The molecule has 8 nitrogen and oxygen atoms in total. The maximum Gasteiger partial charge on any atom is 0.333 e. The third-order valence-corrected chi connectivity index (χ3v) is 4.80. The number of thioether (sulfide) groups is 1. The number of hydrogen-bond acceptors (Lipinski definition) is 7. The van der Waals surface area contributed by atoms with E-state index in [0.717, 1.165) is 11.4 Å². The van der Waals surface area contributed by atoms with Gasteiger partial charge in [-0.15, -0.1) is 0 Å². The van der Waals surface area contributed by atoms with Crippen molar-refractivity contribution in [2.24, 2.45) is 0 Å². The van der Waals surface area contributed by atoms with E-state index in [1.54, 1.807) is 4.68 Å². The van der Waals surface area contributed by atoms with Crippen LogP contribution in [-0.2, 0) is 30.4 Å². The van der Waals surface area contributed by atoms with Crippen LogP contribution in [0.4, 0.5) is 0 Å². The number of hydrogen-bond donors (Lipinski definition) is 0. The van der Waals surface area contributed by atoms with Crippen molar-refractivity contribution in [3.05, 3.63) is 28.6 Å². The van der Waals surface area contributed by atoms with Crippen LogP contribution in [0.1, 0.15) is 24.2 Å². The van der Waals surface area contributed by atoms with Crippen molar-refractivity contribution in [1.29, 1.82) is 0 Å². The quantitative estimate of drug-likeness (QED) is 0.382. The van der Waals surface area contributed by atoms with Crippen molar-refractivity contribution in [1.82, 2.24) is 14.7 Å². The Morgan fingerprint density at radius 2 is 2.12 bits per heavy atom. The first kappa shape index (κ1) is 20.0. The second kappa shape index (κ2) is 9.42. The van der Waals surface area contributed by atoms with E-state index in [2.05, 4.69) is 9.84 Å². The fourth-order valence-corrected chi connectivity index (χ4v) is 3.46. The average Bonchev–Trinajstić information content (AvgIpc) is 3.11. The SMILES string of the molecule is COC(=O)/C=C1/SCC(=O)N1CCCOC(=O)CCn1nc(C)cc1C. The Kier molecular flexibility index (Phi) is 7.26. The summed E-state index contributed by atoms with van der Waals surface area (Å²) in [5.74, 6) is -0.570. The zero-order valence-corrected chi connectivity index (χ0v) is 16.0. The molecule has 1 amide bonds. The van der Waals surface area contributed by atoms with Gasteiger partial charge in [0.2, 0.25) is 5.91 Å². The third kappa shape index (κ3) is 5.62. The van der Waals surface area contributed by atoms with Gasteiger partial charge < -0.3 is 14.4 Å². The molecule has 1 aromatic rings. The molecule has 2 heterocycles. The van der Waals surface area contributed by atoms with Crippen LogP contribution >= 0.6 is 11.8 Å². The summed E-state index contributed by atoms with van der Waals surface area (Å²) >= 11 is 1.29. The van der Waals surface area contributed by atoms with Gasteiger partial charge in [-0.25, -0.2) is 4.79 Å². The van der Waals surface area contributed by atoms with E-state index in [4.69, 9.17) is 4.74 Å².